The van der Waals surface area contributed by atoms with Gasteiger partial charge in [0, 0.05) is 11.9 Å². The molecule has 0 aliphatic rings. The van der Waals surface area contributed by atoms with E-state index in [4.69, 9.17) is 11.6 Å². The van der Waals surface area contributed by atoms with Gasteiger partial charge in [0.05, 0.1) is 11.2 Å². The van der Waals surface area contributed by atoms with Gasteiger partial charge in [0.1, 0.15) is 4.88 Å². The Hall–Kier alpha value is -0.610. The average Bonchev–Trinajstić information content (AvgIpc) is 2.61. The standard InChI is InChI=1S/C9H13ClN2OS/c1-3-7(4-10)12-9(13)8-5-11-6(2)14-8/h5,7H,3-4H2,1-2H3,(H,12,13). The summed E-state index contributed by atoms with van der Waals surface area (Å²) < 4.78 is 0. The molecule has 1 heterocycles. The first-order chi connectivity index (χ1) is 6.67. The maximum absolute atomic E-state index is 11.6. The van der Waals surface area contributed by atoms with Gasteiger partial charge in [0.25, 0.3) is 5.91 Å². The third-order valence-electron chi connectivity index (χ3n) is 1.86. The number of alkyl halides is 1. The lowest BCUT2D eigenvalue weighted by Crippen LogP contribution is -2.35. The van der Waals surface area contributed by atoms with Gasteiger partial charge < -0.3 is 5.32 Å². The summed E-state index contributed by atoms with van der Waals surface area (Å²) in [6, 6.07) is 0.0478. The van der Waals surface area contributed by atoms with Crippen molar-refractivity contribution in [2.24, 2.45) is 0 Å². The largest absolute Gasteiger partial charge is 0.347 e. The lowest BCUT2D eigenvalue weighted by molar-refractivity contribution is 0.0943. The number of amides is 1. The lowest BCUT2D eigenvalue weighted by Gasteiger charge is -2.12. The molecule has 1 N–H and O–H groups in total. The van der Waals surface area contributed by atoms with Crippen molar-refractivity contribution in [2.75, 3.05) is 5.88 Å². The molecule has 0 spiro atoms. The molecule has 1 atom stereocenters. The highest BCUT2D eigenvalue weighted by Crippen LogP contribution is 2.11. The molecule has 1 unspecified atom stereocenters. The van der Waals surface area contributed by atoms with E-state index in [1.54, 1.807) is 6.20 Å². The number of rotatable bonds is 4. The van der Waals surface area contributed by atoms with Crippen molar-refractivity contribution in [3.63, 3.8) is 0 Å². The summed E-state index contributed by atoms with van der Waals surface area (Å²) in [6.07, 6.45) is 2.43. The Morgan fingerprint density at radius 3 is 2.93 bits per heavy atom. The van der Waals surface area contributed by atoms with Crippen molar-refractivity contribution in [3.05, 3.63) is 16.1 Å². The minimum Gasteiger partial charge on any atom is -0.347 e. The highest BCUT2D eigenvalue weighted by atomic mass is 35.5. The molecule has 0 aliphatic carbocycles. The van der Waals surface area contributed by atoms with Gasteiger partial charge in [-0.1, -0.05) is 6.92 Å². The predicted octanol–water partition coefficient (Wildman–Crippen LogP) is 2.20. The fourth-order valence-corrected chi connectivity index (χ4v) is 1.95. The van der Waals surface area contributed by atoms with Crippen LogP contribution in [0.1, 0.15) is 28.0 Å². The molecule has 1 amide bonds. The summed E-state index contributed by atoms with van der Waals surface area (Å²) in [7, 11) is 0. The van der Waals surface area contributed by atoms with Crippen LogP contribution in [0.4, 0.5) is 0 Å². The van der Waals surface area contributed by atoms with E-state index in [1.807, 2.05) is 13.8 Å². The van der Waals surface area contributed by atoms with Crippen LogP contribution in [-0.2, 0) is 0 Å². The van der Waals surface area contributed by atoms with Crippen molar-refractivity contribution in [2.45, 2.75) is 26.3 Å². The number of hydrogen-bond acceptors (Lipinski definition) is 3. The van der Waals surface area contributed by atoms with Gasteiger partial charge in [-0.2, -0.15) is 0 Å². The number of aryl methyl sites for hydroxylation is 1. The number of nitrogens with zero attached hydrogens (tertiary/aromatic N) is 1. The van der Waals surface area contributed by atoms with Crippen LogP contribution in [0.2, 0.25) is 0 Å². The van der Waals surface area contributed by atoms with E-state index in [-0.39, 0.29) is 11.9 Å². The lowest BCUT2D eigenvalue weighted by atomic mass is 10.2. The maximum atomic E-state index is 11.6. The Morgan fingerprint density at radius 1 is 1.79 bits per heavy atom. The van der Waals surface area contributed by atoms with Gasteiger partial charge in [-0.15, -0.1) is 22.9 Å². The Morgan fingerprint density at radius 2 is 2.50 bits per heavy atom. The molecular formula is C9H13ClN2OS. The normalized spacial score (nSPS) is 12.5. The third-order valence-corrected chi connectivity index (χ3v) is 3.14. The Balaban J connectivity index is 2.58. The number of carbonyl (C=O) groups is 1. The first-order valence-electron chi connectivity index (χ1n) is 4.46. The highest BCUT2D eigenvalue weighted by Gasteiger charge is 2.12. The molecule has 5 heteroatoms. The third kappa shape index (κ3) is 2.96. The molecule has 1 aromatic heterocycles. The van der Waals surface area contributed by atoms with Crippen LogP contribution in [-0.4, -0.2) is 22.8 Å². The van der Waals surface area contributed by atoms with Crippen LogP contribution >= 0.6 is 22.9 Å². The number of halogens is 1. The van der Waals surface area contributed by atoms with Crippen LogP contribution in [0.3, 0.4) is 0 Å². The van der Waals surface area contributed by atoms with Crippen LogP contribution in [0.5, 0.6) is 0 Å². The summed E-state index contributed by atoms with van der Waals surface area (Å²) >= 11 is 7.07. The van der Waals surface area contributed by atoms with E-state index in [9.17, 15) is 4.79 Å². The fourth-order valence-electron chi connectivity index (χ4n) is 0.973. The van der Waals surface area contributed by atoms with E-state index >= 15 is 0 Å². The van der Waals surface area contributed by atoms with Crippen molar-refractivity contribution in [1.82, 2.24) is 10.3 Å². The molecule has 0 aliphatic heterocycles. The van der Waals surface area contributed by atoms with E-state index in [2.05, 4.69) is 10.3 Å². The second-order valence-corrected chi connectivity index (χ2v) is 4.52. The average molecular weight is 233 g/mol. The van der Waals surface area contributed by atoms with Gasteiger partial charge in [0.15, 0.2) is 0 Å². The Bertz CT molecular complexity index is 310. The van der Waals surface area contributed by atoms with Crippen LogP contribution in [0.25, 0.3) is 0 Å². The molecule has 0 saturated carbocycles. The molecule has 1 aromatic rings. The molecule has 0 aromatic carbocycles. The zero-order chi connectivity index (χ0) is 10.6. The number of hydrogen-bond donors (Lipinski definition) is 1. The minimum absolute atomic E-state index is 0.0478. The summed E-state index contributed by atoms with van der Waals surface area (Å²) in [5.74, 6) is 0.364. The summed E-state index contributed by atoms with van der Waals surface area (Å²) in [5, 5.41) is 3.74. The quantitative estimate of drug-likeness (QED) is 0.809. The second-order valence-electron chi connectivity index (χ2n) is 2.98. The molecule has 0 fully saturated rings. The van der Waals surface area contributed by atoms with Gasteiger partial charge in [0.2, 0.25) is 0 Å². The van der Waals surface area contributed by atoms with E-state index in [0.29, 0.717) is 10.8 Å². The SMILES string of the molecule is CCC(CCl)NC(=O)c1cnc(C)s1. The van der Waals surface area contributed by atoms with Crippen LogP contribution < -0.4 is 5.32 Å². The first kappa shape index (κ1) is 11.5. The number of carbonyl (C=O) groups excluding carboxylic acids is 1. The molecular weight excluding hydrogens is 220 g/mol. The minimum atomic E-state index is -0.0805. The van der Waals surface area contributed by atoms with Crippen LogP contribution in [0, 0.1) is 6.92 Å². The monoisotopic (exact) mass is 232 g/mol. The molecule has 14 heavy (non-hydrogen) atoms. The molecule has 78 valence electrons. The fraction of sp³-hybridized carbons (Fsp3) is 0.556. The molecule has 3 nitrogen and oxygen atoms in total. The zero-order valence-electron chi connectivity index (χ0n) is 8.21. The molecule has 0 radical (unpaired) electrons. The smallest absolute Gasteiger partial charge is 0.263 e. The Labute approximate surface area is 92.5 Å². The second kappa shape index (κ2) is 5.32. The summed E-state index contributed by atoms with van der Waals surface area (Å²) in [6.45, 7) is 3.87. The van der Waals surface area contributed by atoms with Gasteiger partial charge in [-0.25, -0.2) is 4.98 Å². The number of nitrogens with one attached hydrogen (secondary N) is 1. The molecule has 0 bridgehead atoms. The predicted molar refractivity (Wildman–Crippen MR) is 59.1 cm³/mol. The van der Waals surface area contributed by atoms with E-state index in [1.165, 1.54) is 11.3 Å². The summed E-state index contributed by atoms with van der Waals surface area (Å²) in [5.41, 5.74) is 0. The van der Waals surface area contributed by atoms with Crippen molar-refractivity contribution >= 4 is 28.8 Å². The van der Waals surface area contributed by atoms with E-state index < -0.39 is 0 Å². The molecule has 0 saturated heterocycles. The number of thiazole rings is 1. The Kier molecular flexibility index (Phi) is 4.35. The van der Waals surface area contributed by atoms with Gasteiger partial charge >= 0.3 is 0 Å². The topological polar surface area (TPSA) is 42.0 Å². The molecule has 1 rings (SSSR count). The van der Waals surface area contributed by atoms with Gasteiger partial charge in [-0.05, 0) is 13.3 Å². The van der Waals surface area contributed by atoms with Crippen molar-refractivity contribution < 1.29 is 4.79 Å². The summed E-state index contributed by atoms with van der Waals surface area (Å²) in [4.78, 5) is 16.3. The van der Waals surface area contributed by atoms with Crippen molar-refractivity contribution in [3.8, 4) is 0 Å². The van der Waals surface area contributed by atoms with Gasteiger partial charge in [-0.3, -0.25) is 4.79 Å². The van der Waals surface area contributed by atoms with E-state index in [0.717, 1.165) is 11.4 Å². The first-order valence-corrected chi connectivity index (χ1v) is 5.81. The zero-order valence-corrected chi connectivity index (χ0v) is 9.78. The number of aromatic nitrogens is 1. The van der Waals surface area contributed by atoms with Crippen LogP contribution in [0.15, 0.2) is 6.20 Å². The highest BCUT2D eigenvalue weighted by molar-refractivity contribution is 7.13. The van der Waals surface area contributed by atoms with Crippen molar-refractivity contribution in [1.29, 1.82) is 0 Å². The maximum Gasteiger partial charge on any atom is 0.263 e.